The van der Waals surface area contributed by atoms with E-state index < -0.39 is 107 Å². The quantitative estimate of drug-likeness (QED) is 0.337. The second-order valence-corrected chi connectivity index (χ2v) is 18.3. The van der Waals surface area contributed by atoms with E-state index in [0.29, 0.717) is 55.4 Å². The number of alkyl carbamates (subject to hydrolysis) is 1. The van der Waals surface area contributed by atoms with E-state index in [0.717, 1.165) is 10.6 Å². The normalized spacial score (nSPS) is 31.6. The first-order valence-corrected chi connectivity index (χ1v) is 21.1. The summed E-state index contributed by atoms with van der Waals surface area (Å²) in [6.07, 6.45) is -2.95. The molecule has 3 aliphatic heterocycles. The standard InChI is InChI=1S/C40H51F3N6O9S/c1-22-8-6-7-9-24-20-39(24,36(52)47-59(54,55)26-10-11-26)46-33(50)30-19-25(57-34-28-12-13-29-32(27(28)14-15-44-34)56-17-16-48(29)5)21-49(30)35(51)31(23(2)18-22)45-37(53)58-38(3,4)40(41,42)43/h7,9,12-15,22-26,30-31H,6,8,10-11,16-21H2,1-5H3,(H,45,53)(H,46,50)(H,47,52)/b9-7-/t22-,23-,24-,25-,30+,31+,39-/m1/s1/i3D3,4D3. The van der Waals surface area contributed by atoms with Crippen molar-refractivity contribution in [3.63, 3.8) is 0 Å². The van der Waals surface area contributed by atoms with Gasteiger partial charge in [-0.05, 0) is 82.3 Å². The number of benzene rings is 1. The molecular formula is C40H51F3N6O9S. The smallest absolute Gasteiger partial charge is 0.427 e. The molecule has 2 saturated carbocycles. The van der Waals surface area contributed by atoms with Gasteiger partial charge in [-0.2, -0.15) is 13.2 Å². The number of ether oxygens (including phenoxy) is 3. The number of alkyl halides is 3. The van der Waals surface area contributed by atoms with Crippen LogP contribution in [0, 0.1) is 17.8 Å². The first kappa shape index (κ1) is 35.0. The summed E-state index contributed by atoms with van der Waals surface area (Å²) >= 11 is 0. The third-order valence-electron chi connectivity index (χ3n) is 11.7. The third kappa shape index (κ3) is 8.62. The van der Waals surface area contributed by atoms with Crippen LogP contribution in [0.25, 0.3) is 10.8 Å². The third-order valence-corrected chi connectivity index (χ3v) is 13.6. The molecule has 4 heterocycles. The number of likely N-dealkylation sites (N-methyl/N-ethyl adjacent to an activating group) is 1. The number of aromatic nitrogens is 1. The predicted molar refractivity (Wildman–Crippen MR) is 209 cm³/mol. The van der Waals surface area contributed by atoms with Crippen LogP contribution in [0.4, 0.5) is 23.7 Å². The van der Waals surface area contributed by atoms with Gasteiger partial charge in [0.25, 0.3) is 5.91 Å². The van der Waals surface area contributed by atoms with Gasteiger partial charge in [0.05, 0.1) is 24.0 Å². The monoisotopic (exact) mass is 854 g/mol. The predicted octanol–water partition coefficient (Wildman–Crippen LogP) is 4.34. The molecule has 1 saturated heterocycles. The lowest BCUT2D eigenvalue weighted by Gasteiger charge is -2.34. The average Bonchev–Trinajstić information content (AvgIpc) is 4.13. The Hall–Kier alpha value is -4.81. The highest BCUT2D eigenvalue weighted by Crippen LogP contribution is 2.47. The van der Waals surface area contributed by atoms with Gasteiger partial charge in [-0.15, -0.1) is 0 Å². The van der Waals surface area contributed by atoms with Gasteiger partial charge >= 0.3 is 12.3 Å². The number of nitrogens with zero attached hydrogens (tertiary/aromatic N) is 3. The molecule has 0 spiro atoms. The SMILES string of the molecule is [2H]C([2H])([2H])C(OC(=O)N[C@@H]1C(=O)N2C[C@H](Oc3nccc4c5c(ccc34)N(C)CCO5)C[C@H]2C(=O)N[C@]2(C(=O)NS(=O)(=O)C3CC3)C[C@H]2/C=C\CC[C@@H](C)C[C@H]1C)(C([2H])([2H])[2H])C(F)(F)F. The molecule has 0 bridgehead atoms. The summed E-state index contributed by atoms with van der Waals surface area (Å²) in [6, 6.07) is 1.95. The van der Waals surface area contributed by atoms with Gasteiger partial charge in [-0.25, -0.2) is 18.2 Å². The van der Waals surface area contributed by atoms with Crippen LogP contribution >= 0.6 is 0 Å². The van der Waals surface area contributed by atoms with Crippen molar-refractivity contribution < 1.29 is 63.2 Å². The minimum absolute atomic E-state index is 0.0138. The molecule has 3 N–H and O–H groups in total. The molecule has 59 heavy (non-hydrogen) atoms. The molecule has 7 rings (SSSR count). The molecule has 2 aromatic rings. The molecule has 1 aromatic carbocycles. The molecule has 7 atom stereocenters. The number of carbonyl (C=O) groups excluding carboxylic acids is 4. The summed E-state index contributed by atoms with van der Waals surface area (Å²) < 4.78 is 134. The molecule has 5 aliphatic rings. The summed E-state index contributed by atoms with van der Waals surface area (Å²) in [4.78, 5) is 64.4. The number of hydrogen-bond acceptors (Lipinski definition) is 11. The topological polar surface area (TPSA) is 186 Å². The molecule has 2 aliphatic carbocycles. The highest BCUT2D eigenvalue weighted by Gasteiger charge is 2.62. The summed E-state index contributed by atoms with van der Waals surface area (Å²) in [5, 5.41) is 5.14. The lowest BCUT2D eigenvalue weighted by Crippen LogP contribution is -2.59. The fourth-order valence-corrected chi connectivity index (χ4v) is 9.51. The van der Waals surface area contributed by atoms with Crippen molar-refractivity contribution >= 4 is 50.3 Å². The van der Waals surface area contributed by atoms with E-state index in [-0.39, 0.29) is 31.1 Å². The number of hydrogen-bond donors (Lipinski definition) is 3. The zero-order valence-electron chi connectivity index (χ0n) is 38.6. The lowest BCUT2D eigenvalue weighted by atomic mass is 9.88. The second-order valence-electron chi connectivity index (χ2n) is 16.3. The molecule has 1 aromatic heterocycles. The van der Waals surface area contributed by atoms with E-state index in [1.54, 1.807) is 24.3 Å². The van der Waals surface area contributed by atoms with E-state index in [1.165, 1.54) is 13.1 Å². The minimum Gasteiger partial charge on any atom is -0.489 e. The van der Waals surface area contributed by atoms with E-state index in [2.05, 4.69) is 19.8 Å². The molecule has 19 heteroatoms. The Bertz CT molecular complexity index is 2330. The van der Waals surface area contributed by atoms with Crippen LogP contribution in [-0.4, -0.2) is 110 Å². The highest BCUT2D eigenvalue weighted by molar-refractivity contribution is 7.91. The van der Waals surface area contributed by atoms with Gasteiger partial charge in [0.2, 0.25) is 33.3 Å². The van der Waals surface area contributed by atoms with Gasteiger partial charge in [-0.3, -0.25) is 19.1 Å². The van der Waals surface area contributed by atoms with Crippen LogP contribution in [0.15, 0.2) is 36.5 Å². The highest BCUT2D eigenvalue weighted by atomic mass is 32.2. The van der Waals surface area contributed by atoms with Crippen LogP contribution in [-0.2, 0) is 29.1 Å². The van der Waals surface area contributed by atoms with Gasteiger partial charge in [0, 0.05) is 44.6 Å². The van der Waals surface area contributed by atoms with Crippen molar-refractivity contribution in [1.82, 2.24) is 25.2 Å². The Balaban J connectivity index is 1.26. The number of nitrogens with one attached hydrogen (secondary N) is 3. The summed E-state index contributed by atoms with van der Waals surface area (Å²) in [7, 11) is -2.16. The average molecular weight is 855 g/mol. The molecule has 0 radical (unpaired) electrons. The minimum atomic E-state index is -6.15. The van der Waals surface area contributed by atoms with E-state index in [1.807, 2.05) is 30.3 Å². The summed E-state index contributed by atoms with van der Waals surface area (Å²) in [5.74, 6) is -4.11. The Labute approximate surface area is 349 Å². The molecule has 0 unspecified atom stereocenters. The first-order chi connectivity index (χ1) is 30.2. The number of anilines is 1. The first-order valence-electron chi connectivity index (χ1n) is 22.5. The van der Waals surface area contributed by atoms with Crippen LogP contribution in [0.3, 0.4) is 0 Å². The Morgan fingerprint density at radius 2 is 1.86 bits per heavy atom. The second kappa shape index (κ2) is 15.7. The molecule has 3 fully saturated rings. The number of halogens is 3. The zero-order valence-corrected chi connectivity index (χ0v) is 33.5. The fraction of sp³-hybridized carbons (Fsp3) is 0.625. The Morgan fingerprint density at radius 1 is 1.10 bits per heavy atom. The van der Waals surface area contributed by atoms with Gasteiger partial charge in [0.15, 0.2) is 5.75 Å². The lowest BCUT2D eigenvalue weighted by molar-refractivity contribution is -0.244. The number of fused-ring (bicyclic) bond motifs is 5. The molecule has 15 nitrogen and oxygen atoms in total. The van der Waals surface area contributed by atoms with Crippen LogP contribution in [0.5, 0.6) is 11.6 Å². The van der Waals surface area contributed by atoms with Crippen LogP contribution < -0.4 is 29.7 Å². The van der Waals surface area contributed by atoms with Crippen molar-refractivity contribution in [1.29, 1.82) is 0 Å². The summed E-state index contributed by atoms with van der Waals surface area (Å²) in [5.41, 5.74) is -5.94. The number of pyridine rings is 1. The van der Waals surface area contributed by atoms with E-state index >= 15 is 0 Å². The Kier molecular flexibility index (Phi) is 9.29. The number of allylic oxidation sites excluding steroid dienone is 1. The van der Waals surface area contributed by atoms with Gasteiger partial charge < -0.3 is 34.6 Å². The summed E-state index contributed by atoms with van der Waals surface area (Å²) in [6.45, 7) is -4.98. The largest absolute Gasteiger partial charge is 0.489 e. The van der Waals surface area contributed by atoms with Crippen molar-refractivity contribution in [2.45, 2.75) is 113 Å². The van der Waals surface area contributed by atoms with Crippen molar-refractivity contribution in [2.75, 3.05) is 31.6 Å². The number of amides is 4. The number of carbonyl (C=O) groups is 4. The van der Waals surface area contributed by atoms with Crippen LogP contribution in [0.2, 0.25) is 0 Å². The van der Waals surface area contributed by atoms with Crippen molar-refractivity contribution in [2.24, 2.45) is 17.8 Å². The van der Waals surface area contributed by atoms with Gasteiger partial charge in [0.1, 0.15) is 30.3 Å². The Morgan fingerprint density at radius 3 is 2.58 bits per heavy atom. The van der Waals surface area contributed by atoms with E-state index in [9.17, 15) is 40.8 Å². The molecular weight excluding hydrogens is 798 g/mol. The molecule has 4 amide bonds. The van der Waals surface area contributed by atoms with Crippen LogP contribution in [0.1, 0.15) is 80.7 Å². The molecule has 322 valence electrons. The zero-order chi connectivity index (χ0) is 47.7. The van der Waals surface area contributed by atoms with Crippen molar-refractivity contribution in [3.05, 3.63) is 36.5 Å². The number of rotatable bonds is 7. The van der Waals surface area contributed by atoms with Crippen molar-refractivity contribution in [3.8, 4) is 11.6 Å². The number of sulfonamides is 1. The van der Waals surface area contributed by atoms with E-state index in [4.69, 9.17) is 17.7 Å². The maximum atomic E-state index is 15.0. The maximum absolute atomic E-state index is 15.0. The maximum Gasteiger partial charge on any atom is 0.427 e. The van der Waals surface area contributed by atoms with Gasteiger partial charge in [-0.1, -0.05) is 26.0 Å². The fourth-order valence-electron chi connectivity index (χ4n) is 8.15.